The summed E-state index contributed by atoms with van der Waals surface area (Å²) in [5.41, 5.74) is 17.3. The van der Waals surface area contributed by atoms with Crippen LogP contribution in [-0.2, 0) is 25.6 Å². The standard InChI is InChI=1S/C20H33N7O5/c1-10(2)13(21)18(29)31-6-5-12(8-32-19(30)14(22)11(3)4)7-27-9-24-15-16(27)25-20(23)26-17(15)28/h9-14H,5-8,21-22H2,1-4H3,(H3,23,25,26,28)/t12?,13-,14-/m0/s1. The van der Waals surface area contributed by atoms with Crippen LogP contribution in [0.15, 0.2) is 11.1 Å². The highest BCUT2D eigenvalue weighted by molar-refractivity contribution is 5.76. The van der Waals surface area contributed by atoms with Crippen molar-refractivity contribution in [2.24, 2.45) is 29.2 Å². The molecule has 12 nitrogen and oxygen atoms in total. The van der Waals surface area contributed by atoms with Gasteiger partial charge in [-0.1, -0.05) is 27.7 Å². The van der Waals surface area contributed by atoms with Crippen molar-refractivity contribution >= 4 is 29.1 Å². The van der Waals surface area contributed by atoms with E-state index in [0.29, 0.717) is 18.6 Å². The van der Waals surface area contributed by atoms with Crippen molar-refractivity contribution in [3.8, 4) is 0 Å². The van der Waals surface area contributed by atoms with E-state index in [1.165, 1.54) is 6.33 Å². The van der Waals surface area contributed by atoms with E-state index in [2.05, 4.69) is 15.0 Å². The quantitative estimate of drug-likeness (QED) is 0.331. The molecule has 12 heteroatoms. The van der Waals surface area contributed by atoms with E-state index in [4.69, 9.17) is 26.7 Å². The minimum absolute atomic E-state index is 0.0331. The molecule has 2 heterocycles. The van der Waals surface area contributed by atoms with E-state index < -0.39 is 29.6 Å². The Morgan fingerprint density at radius 3 is 2.28 bits per heavy atom. The first-order valence-corrected chi connectivity index (χ1v) is 10.6. The normalized spacial score (nSPS) is 14.5. The number of hydrogen-bond acceptors (Lipinski definition) is 10. The molecule has 1 unspecified atom stereocenters. The molecule has 2 rings (SSSR count). The highest BCUT2D eigenvalue weighted by Crippen LogP contribution is 2.15. The molecule has 0 aliphatic carbocycles. The maximum Gasteiger partial charge on any atom is 0.323 e. The molecule has 0 bridgehead atoms. The zero-order chi connectivity index (χ0) is 24.0. The lowest BCUT2D eigenvalue weighted by atomic mass is 10.0. The molecule has 0 saturated carbocycles. The molecular weight excluding hydrogens is 418 g/mol. The first-order chi connectivity index (χ1) is 15.0. The number of rotatable bonds is 11. The average Bonchev–Trinajstić information content (AvgIpc) is 3.12. The largest absolute Gasteiger partial charge is 0.465 e. The fourth-order valence-electron chi connectivity index (χ4n) is 2.87. The fraction of sp³-hybridized carbons (Fsp3) is 0.650. The molecular formula is C20H33N7O5. The van der Waals surface area contributed by atoms with Crippen LogP contribution in [0.1, 0.15) is 34.1 Å². The second-order valence-corrected chi connectivity index (χ2v) is 8.51. The number of anilines is 1. The van der Waals surface area contributed by atoms with E-state index in [-0.39, 0.29) is 42.4 Å². The Balaban J connectivity index is 2.12. The van der Waals surface area contributed by atoms with Crippen molar-refractivity contribution in [3.63, 3.8) is 0 Å². The zero-order valence-corrected chi connectivity index (χ0v) is 18.9. The Hall–Kier alpha value is -2.99. The number of fused-ring (bicyclic) bond motifs is 1. The van der Waals surface area contributed by atoms with Crippen molar-refractivity contribution in [3.05, 3.63) is 16.7 Å². The van der Waals surface area contributed by atoms with Gasteiger partial charge in [-0.2, -0.15) is 4.98 Å². The number of imidazole rings is 1. The smallest absolute Gasteiger partial charge is 0.323 e. The van der Waals surface area contributed by atoms with Crippen LogP contribution in [0, 0.1) is 17.8 Å². The number of esters is 2. The minimum atomic E-state index is -0.744. The minimum Gasteiger partial charge on any atom is -0.465 e. The predicted molar refractivity (Wildman–Crippen MR) is 118 cm³/mol. The maximum absolute atomic E-state index is 12.2. The van der Waals surface area contributed by atoms with Gasteiger partial charge in [-0.3, -0.25) is 19.4 Å². The third-order valence-corrected chi connectivity index (χ3v) is 5.16. The topological polar surface area (TPSA) is 194 Å². The molecule has 0 spiro atoms. The number of ether oxygens (including phenoxy) is 2. The van der Waals surface area contributed by atoms with Gasteiger partial charge >= 0.3 is 11.9 Å². The van der Waals surface area contributed by atoms with Crippen molar-refractivity contribution < 1.29 is 19.1 Å². The number of aromatic nitrogens is 4. The Labute approximate surface area is 185 Å². The second-order valence-electron chi connectivity index (χ2n) is 8.51. The van der Waals surface area contributed by atoms with Gasteiger partial charge in [0.1, 0.15) is 12.1 Å². The zero-order valence-electron chi connectivity index (χ0n) is 18.9. The number of H-pyrrole nitrogens is 1. The molecule has 0 amide bonds. The lowest BCUT2D eigenvalue weighted by Crippen LogP contribution is -2.38. The molecule has 0 aliphatic heterocycles. The summed E-state index contributed by atoms with van der Waals surface area (Å²) in [7, 11) is 0. The van der Waals surface area contributed by atoms with Gasteiger partial charge in [0.2, 0.25) is 5.95 Å². The van der Waals surface area contributed by atoms with E-state index in [9.17, 15) is 14.4 Å². The lowest BCUT2D eigenvalue weighted by Gasteiger charge is -2.21. The number of carbonyl (C=O) groups is 2. The van der Waals surface area contributed by atoms with E-state index >= 15 is 0 Å². The number of nitrogen functional groups attached to an aromatic ring is 1. The summed E-state index contributed by atoms with van der Waals surface area (Å²) in [6.45, 7) is 7.72. The molecule has 0 radical (unpaired) electrons. The van der Waals surface area contributed by atoms with Crippen LogP contribution in [0.3, 0.4) is 0 Å². The highest BCUT2D eigenvalue weighted by Gasteiger charge is 2.23. The third kappa shape index (κ3) is 6.50. The van der Waals surface area contributed by atoms with Gasteiger partial charge in [0.15, 0.2) is 11.2 Å². The van der Waals surface area contributed by atoms with Crippen LogP contribution in [0.2, 0.25) is 0 Å². The van der Waals surface area contributed by atoms with Crippen molar-refractivity contribution in [1.29, 1.82) is 0 Å². The molecule has 0 saturated heterocycles. The van der Waals surface area contributed by atoms with E-state index in [0.717, 1.165) is 0 Å². The molecule has 7 N–H and O–H groups in total. The van der Waals surface area contributed by atoms with Crippen molar-refractivity contribution in [2.75, 3.05) is 18.9 Å². The molecule has 2 aromatic rings. The molecule has 0 aromatic carbocycles. The molecule has 3 atom stereocenters. The van der Waals surface area contributed by atoms with Crippen LogP contribution >= 0.6 is 0 Å². The van der Waals surface area contributed by atoms with Crippen molar-refractivity contribution in [2.45, 2.75) is 52.7 Å². The third-order valence-electron chi connectivity index (χ3n) is 5.16. The number of nitrogens with zero attached hydrogens (tertiary/aromatic N) is 3. The summed E-state index contributed by atoms with van der Waals surface area (Å²) < 4.78 is 12.3. The van der Waals surface area contributed by atoms with Crippen LogP contribution < -0.4 is 22.8 Å². The highest BCUT2D eigenvalue weighted by atomic mass is 16.5. The summed E-state index contributed by atoms with van der Waals surface area (Å²) in [5, 5.41) is 0. The van der Waals surface area contributed by atoms with Gasteiger partial charge in [-0.25, -0.2) is 4.98 Å². The molecule has 0 aliphatic rings. The lowest BCUT2D eigenvalue weighted by molar-refractivity contribution is -0.150. The first kappa shape index (κ1) is 25.3. The maximum atomic E-state index is 12.2. The summed E-state index contributed by atoms with van der Waals surface area (Å²) in [5.74, 6) is -1.45. The van der Waals surface area contributed by atoms with E-state index in [1.54, 1.807) is 4.57 Å². The Bertz CT molecular complexity index is 984. The predicted octanol–water partition coefficient (Wildman–Crippen LogP) is -0.239. The molecule has 2 aromatic heterocycles. The van der Waals surface area contributed by atoms with Gasteiger partial charge in [0.25, 0.3) is 5.56 Å². The number of aromatic amines is 1. The monoisotopic (exact) mass is 451 g/mol. The summed E-state index contributed by atoms with van der Waals surface area (Å²) in [6, 6.07) is -1.46. The molecule has 32 heavy (non-hydrogen) atoms. The Morgan fingerprint density at radius 1 is 1.09 bits per heavy atom. The number of carbonyl (C=O) groups excluding carboxylic acids is 2. The Kier molecular flexibility index (Phi) is 8.72. The van der Waals surface area contributed by atoms with E-state index in [1.807, 2.05) is 27.7 Å². The van der Waals surface area contributed by atoms with Gasteiger partial charge in [-0.15, -0.1) is 0 Å². The Morgan fingerprint density at radius 2 is 1.69 bits per heavy atom. The molecule has 0 fully saturated rings. The number of nitrogens with two attached hydrogens (primary N) is 3. The van der Waals surface area contributed by atoms with Gasteiger partial charge in [-0.05, 0) is 18.3 Å². The van der Waals surface area contributed by atoms with Crippen LogP contribution in [0.5, 0.6) is 0 Å². The van der Waals surface area contributed by atoms with Gasteiger partial charge in [0, 0.05) is 12.5 Å². The summed E-state index contributed by atoms with van der Waals surface area (Å²) in [6.07, 6.45) is 1.83. The van der Waals surface area contributed by atoms with Gasteiger partial charge < -0.3 is 31.2 Å². The van der Waals surface area contributed by atoms with Gasteiger partial charge in [0.05, 0.1) is 19.5 Å². The van der Waals surface area contributed by atoms with Crippen LogP contribution in [0.4, 0.5) is 5.95 Å². The average molecular weight is 452 g/mol. The fourth-order valence-corrected chi connectivity index (χ4v) is 2.87. The number of nitrogens with one attached hydrogen (secondary N) is 1. The summed E-state index contributed by atoms with van der Waals surface area (Å²) in [4.78, 5) is 46.9. The van der Waals surface area contributed by atoms with Crippen LogP contribution in [-0.4, -0.2) is 56.8 Å². The molecule has 178 valence electrons. The summed E-state index contributed by atoms with van der Waals surface area (Å²) >= 11 is 0. The first-order valence-electron chi connectivity index (χ1n) is 10.6. The number of hydrogen-bond donors (Lipinski definition) is 4. The van der Waals surface area contributed by atoms with Crippen LogP contribution in [0.25, 0.3) is 11.2 Å². The second kappa shape index (κ2) is 11.0. The van der Waals surface area contributed by atoms with Crippen molar-refractivity contribution in [1.82, 2.24) is 19.5 Å². The SMILES string of the molecule is CC(C)[C@H](N)C(=O)OCCC(COC(=O)[C@@H](N)C(C)C)Cn1cnc2c(=O)[nH]c(N)nc21.